The van der Waals surface area contributed by atoms with E-state index >= 15 is 0 Å². The van der Waals surface area contributed by atoms with Crippen molar-refractivity contribution in [2.75, 3.05) is 0 Å². The van der Waals surface area contributed by atoms with E-state index in [0.717, 1.165) is 49.7 Å². The summed E-state index contributed by atoms with van der Waals surface area (Å²) in [5, 5.41) is 19.3. The standard InChI is InChI=1S/C40H36N4S2/c1-43-31(23-41)27-13-9-11-25(19-27)29-21-33-35(39(29)15-5-3-6-16-39)37-38(45-33)36-34(46-37)22-30(40(36)17-7-4-8-18-40)26-12-10-14-28(20-26)32(24-42)44-2/h19-22H,3-18H2/b31-27-,32-28+. The molecule has 0 saturated heterocycles. The lowest BCUT2D eigenvalue weighted by molar-refractivity contribution is 0.348. The minimum Gasteiger partial charge on any atom is -0.226 e. The Kier molecular flexibility index (Phi) is 7.29. The highest BCUT2D eigenvalue weighted by atomic mass is 32.1. The Bertz CT molecular complexity index is 1860. The lowest BCUT2D eigenvalue weighted by atomic mass is 9.64. The van der Waals surface area contributed by atoms with E-state index in [-0.39, 0.29) is 22.2 Å². The van der Waals surface area contributed by atoms with Crippen molar-refractivity contribution in [3.63, 3.8) is 0 Å². The van der Waals surface area contributed by atoms with Gasteiger partial charge in [-0.05, 0) is 121 Å². The topological polar surface area (TPSA) is 56.3 Å². The highest BCUT2D eigenvalue weighted by molar-refractivity contribution is 7.29. The van der Waals surface area contributed by atoms with Crippen LogP contribution in [-0.2, 0) is 10.8 Å². The summed E-state index contributed by atoms with van der Waals surface area (Å²) in [7, 11) is 0. The number of thiophene rings is 2. The van der Waals surface area contributed by atoms with Gasteiger partial charge in [-0.15, -0.1) is 22.7 Å². The quantitative estimate of drug-likeness (QED) is 0.243. The molecule has 2 spiro atoms. The molecule has 0 N–H and O–H groups in total. The van der Waals surface area contributed by atoms with Crippen molar-refractivity contribution in [2.24, 2.45) is 0 Å². The van der Waals surface area contributed by atoms with Crippen molar-refractivity contribution in [1.29, 1.82) is 10.5 Å². The van der Waals surface area contributed by atoms with Gasteiger partial charge in [0.2, 0.25) is 0 Å². The van der Waals surface area contributed by atoms with Gasteiger partial charge in [-0.3, -0.25) is 0 Å². The van der Waals surface area contributed by atoms with E-state index in [1.54, 1.807) is 11.1 Å². The van der Waals surface area contributed by atoms with Crippen LogP contribution in [0.1, 0.15) is 124 Å². The van der Waals surface area contributed by atoms with E-state index in [1.165, 1.54) is 106 Å². The summed E-state index contributed by atoms with van der Waals surface area (Å²) in [6, 6.07) is 4.31. The molecule has 0 atom stereocenters. The van der Waals surface area contributed by atoms with Gasteiger partial charge in [-0.25, -0.2) is 20.2 Å². The third-order valence-corrected chi connectivity index (χ3v) is 14.2. The highest BCUT2D eigenvalue weighted by Crippen LogP contribution is 2.65. The molecule has 0 amide bonds. The van der Waals surface area contributed by atoms with Crippen molar-refractivity contribution in [2.45, 2.75) is 114 Å². The van der Waals surface area contributed by atoms with Crippen LogP contribution in [0.15, 0.2) is 57.0 Å². The third-order valence-electron chi connectivity index (χ3n) is 11.7. The SMILES string of the molecule is [C-]#[N+]/C(C#N)=C1\C=C(C2=Cc3sc4c5c(sc4c3C23CCCCC3)C=C(C2=C/C(=C(\C#N)[N+]#[C-])CCC2)C52CCCCC2)CCC1. The summed E-state index contributed by atoms with van der Waals surface area (Å²) in [5.41, 5.74) is 11.3. The van der Waals surface area contributed by atoms with Gasteiger partial charge in [0.15, 0.2) is 0 Å². The number of nitriles is 2. The monoisotopic (exact) mass is 636 g/mol. The van der Waals surface area contributed by atoms with E-state index in [2.05, 4.69) is 46.1 Å². The van der Waals surface area contributed by atoms with E-state index in [0.29, 0.717) is 0 Å². The van der Waals surface area contributed by atoms with Crippen LogP contribution in [0, 0.1) is 35.8 Å². The fourth-order valence-corrected chi connectivity index (χ4v) is 13.0. The molecule has 4 nitrogen and oxygen atoms in total. The van der Waals surface area contributed by atoms with Gasteiger partial charge in [-0.2, -0.15) is 0 Å². The minimum absolute atomic E-state index is 0.0366. The largest absolute Gasteiger partial charge is 0.265 e. The summed E-state index contributed by atoms with van der Waals surface area (Å²) in [6.45, 7) is 15.1. The molecule has 2 aromatic heterocycles. The van der Waals surface area contributed by atoms with Crippen LogP contribution < -0.4 is 0 Å². The summed E-state index contributed by atoms with van der Waals surface area (Å²) < 4.78 is 3.03. The zero-order valence-electron chi connectivity index (χ0n) is 26.2. The number of allylic oxidation sites excluding steroid dienone is 10. The van der Waals surface area contributed by atoms with Crippen LogP contribution in [0.25, 0.3) is 31.2 Å². The summed E-state index contributed by atoms with van der Waals surface area (Å²) in [4.78, 5) is 10.0. The highest BCUT2D eigenvalue weighted by Gasteiger charge is 2.50. The molecule has 2 heterocycles. The van der Waals surface area contributed by atoms with Crippen LogP contribution in [0.5, 0.6) is 0 Å². The average molecular weight is 637 g/mol. The molecule has 2 saturated carbocycles. The maximum Gasteiger partial charge on any atom is 0.265 e. The van der Waals surface area contributed by atoms with Crippen LogP contribution in [-0.4, -0.2) is 0 Å². The lowest BCUT2D eigenvalue weighted by Gasteiger charge is -2.39. The first kappa shape index (κ1) is 29.5. The predicted molar refractivity (Wildman–Crippen MR) is 188 cm³/mol. The lowest BCUT2D eigenvalue weighted by Crippen LogP contribution is -2.31. The molecular weight excluding hydrogens is 601 g/mol. The minimum atomic E-state index is 0.0366. The first-order chi connectivity index (χ1) is 22.6. The van der Waals surface area contributed by atoms with Crippen molar-refractivity contribution in [3.8, 4) is 12.1 Å². The van der Waals surface area contributed by atoms with Gasteiger partial charge in [0.25, 0.3) is 11.4 Å². The number of hydrogen-bond acceptors (Lipinski definition) is 4. The zero-order valence-corrected chi connectivity index (χ0v) is 27.9. The molecule has 0 aliphatic heterocycles. The van der Waals surface area contributed by atoms with Crippen LogP contribution in [0.2, 0.25) is 0 Å². The molecule has 0 bridgehead atoms. The van der Waals surface area contributed by atoms with Crippen LogP contribution >= 0.6 is 22.7 Å². The fourth-order valence-electron chi connectivity index (χ4n) is 9.82. The number of fused-ring (bicyclic) bond motifs is 7. The Morgan fingerprint density at radius 2 is 1.00 bits per heavy atom. The molecule has 228 valence electrons. The second-order valence-corrected chi connectivity index (χ2v) is 16.1. The number of nitrogens with zero attached hydrogens (tertiary/aromatic N) is 4. The molecule has 0 aromatic carbocycles. The normalized spacial score (nSPS) is 24.9. The van der Waals surface area contributed by atoms with Gasteiger partial charge < -0.3 is 0 Å². The van der Waals surface area contributed by atoms with E-state index in [9.17, 15) is 10.5 Å². The Labute approximate surface area is 280 Å². The Balaban J connectivity index is 1.29. The second kappa shape index (κ2) is 11.4. The average Bonchev–Trinajstić information content (AvgIpc) is 3.79. The Morgan fingerprint density at radius 3 is 1.37 bits per heavy atom. The molecule has 0 radical (unpaired) electrons. The van der Waals surface area contributed by atoms with Gasteiger partial charge >= 0.3 is 0 Å². The van der Waals surface area contributed by atoms with Gasteiger partial charge in [0.1, 0.15) is 0 Å². The number of rotatable bonds is 2. The molecule has 2 fully saturated rings. The molecule has 6 heteroatoms. The first-order valence-corrected chi connectivity index (χ1v) is 18.7. The molecule has 2 aromatic rings. The van der Waals surface area contributed by atoms with E-state index in [1.807, 2.05) is 22.7 Å². The Morgan fingerprint density at radius 1 is 0.587 bits per heavy atom. The molecule has 8 rings (SSSR count). The van der Waals surface area contributed by atoms with Gasteiger partial charge in [-0.1, -0.05) is 50.7 Å². The fraction of sp³-hybridized carbons (Fsp3) is 0.450. The maximum absolute atomic E-state index is 9.63. The predicted octanol–water partition coefficient (Wildman–Crippen LogP) is 11.8. The van der Waals surface area contributed by atoms with Crippen LogP contribution in [0.3, 0.4) is 0 Å². The molecular formula is C40H36N4S2. The van der Waals surface area contributed by atoms with Crippen LogP contribution in [0.4, 0.5) is 0 Å². The van der Waals surface area contributed by atoms with E-state index in [4.69, 9.17) is 13.1 Å². The Hall–Kier alpha value is -3.94. The zero-order chi connectivity index (χ0) is 31.5. The van der Waals surface area contributed by atoms with Crippen molar-refractivity contribution in [1.82, 2.24) is 0 Å². The van der Waals surface area contributed by atoms with Crippen molar-refractivity contribution >= 4 is 44.2 Å². The summed E-state index contributed by atoms with van der Waals surface area (Å²) in [6.07, 6.45) is 27.4. The third kappa shape index (κ3) is 4.24. The van der Waals surface area contributed by atoms with Gasteiger partial charge in [0, 0.05) is 20.6 Å². The van der Waals surface area contributed by atoms with E-state index < -0.39 is 0 Å². The smallest absolute Gasteiger partial charge is 0.226 e. The molecule has 0 unspecified atom stereocenters. The first-order valence-electron chi connectivity index (χ1n) is 17.0. The van der Waals surface area contributed by atoms with Crippen molar-refractivity contribution < 1.29 is 0 Å². The second-order valence-electron chi connectivity index (χ2n) is 14.0. The van der Waals surface area contributed by atoms with Crippen molar-refractivity contribution in [3.05, 3.63) is 101 Å². The molecule has 6 aliphatic carbocycles. The van der Waals surface area contributed by atoms with Gasteiger partial charge in [0.05, 0.1) is 34.7 Å². The maximum atomic E-state index is 9.63. The number of hydrogen-bond donors (Lipinski definition) is 0. The molecule has 46 heavy (non-hydrogen) atoms. The summed E-state index contributed by atoms with van der Waals surface area (Å²) in [5.74, 6) is 0. The molecule has 6 aliphatic rings. The summed E-state index contributed by atoms with van der Waals surface area (Å²) >= 11 is 4.06.